The SMILES string of the molecule is COCCC1(c2noc(-c3ccncc3)n2)CCCN(C(=O)CCn2cccn2)C1. The summed E-state index contributed by atoms with van der Waals surface area (Å²) in [6.45, 7) is 2.43. The van der Waals surface area contributed by atoms with E-state index < -0.39 is 0 Å². The van der Waals surface area contributed by atoms with Crippen molar-refractivity contribution in [1.29, 1.82) is 0 Å². The predicted molar refractivity (Wildman–Crippen MR) is 108 cm³/mol. The molecule has 9 heteroatoms. The van der Waals surface area contributed by atoms with Gasteiger partial charge in [-0.15, -0.1) is 0 Å². The van der Waals surface area contributed by atoms with Gasteiger partial charge in [-0.3, -0.25) is 14.5 Å². The highest BCUT2D eigenvalue weighted by molar-refractivity contribution is 5.76. The second kappa shape index (κ2) is 9.17. The van der Waals surface area contributed by atoms with Gasteiger partial charge in [0.2, 0.25) is 5.91 Å². The molecule has 4 heterocycles. The molecule has 0 saturated carbocycles. The second-order valence-corrected chi connectivity index (χ2v) is 7.62. The zero-order valence-electron chi connectivity index (χ0n) is 17.1. The van der Waals surface area contributed by atoms with Crippen LogP contribution in [0.3, 0.4) is 0 Å². The Morgan fingerprint density at radius 1 is 1.30 bits per heavy atom. The van der Waals surface area contributed by atoms with Crippen LogP contribution in [0.15, 0.2) is 47.5 Å². The predicted octanol–water partition coefficient (Wildman–Crippen LogP) is 2.32. The van der Waals surface area contributed by atoms with E-state index in [9.17, 15) is 4.79 Å². The van der Waals surface area contributed by atoms with Gasteiger partial charge < -0.3 is 14.2 Å². The van der Waals surface area contributed by atoms with Crippen LogP contribution in [0.4, 0.5) is 0 Å². The lowest BCUT2D eigenvalue weighted by Crippen LogP contribution is -2.49. The largest absolute Gasteiger partial charge is 0.385 e. The molecule has 1 aliphatic heterocycles. The number of likely N-dealkylation sites (tertiary alicyclic amines) is 1. The van der Waals surface area contributed by atoms with Crippen molar-refractivity contribution in [3.63, 3.8) is 0 Å². The Bertz CT molecular complexity index is 943. The number of hydrogen-bond acceptors (Lipinski definition) is 7. The molecule has 4 rings (SSSR count). The molecule has 30 heavy (non-hydrogen) atoms. The number of hydrogen-bond donors (Lipinski definition) is 0. The molecule has 0 radical (unpaired) electrons. The van der Waals surface area contributed by atoms with Crippen LogP contribution in [0.25, 0.3) is 11.5 Å². The van der Waals surface area contributed by atoms with Gasteiger partial charge in [-0.25, -0.2) is 0 Å². The third kappa shape index (κ3) is 4.40. The van der Waals surface area contributed by atoms with Crippen molar-refractivity contribution in [3.8, 4) is 11.5 Å². The smallest absolute Gasteiger partial charge is 0.258 e. The van der Waals surface area contributed by atoms with Gasteiger partial charge in [0.15, 0.2) is 5.82 Å². The number of aromatic nitrogens is 5. The topological polar surface area (TPSA) is 99.2 Å². The highest BCUT2D eigenvalue weighted by Crippen LogP contribution is 2.37. The number of pyridine rings is 1. The summed E-state index contributed by atoms with van der Waals surface area (Å²) in [6.07, 6.45) is 9.88. The van der Waals surface area contributed by atoms with Crippen molar-refractivity contribution in [1.82, 2.24) is 29.8 Å². The molecule has 0 N–H and O–H groups in total. The normalized spacial score (nSPS) is 19.2. The molecule has 158 valence electrons. The molecule has 9 nitrogen and oxygen atoms in total. The minimum atomic E-state index is -0.385. The Morgan fingerprint density at radius 3 is 2.93 bits per heavy atom. The quantitative estimate of drug-likeness (QED) is 0.562. The van der Waals surface area contributed by atoms with Crippen LogP contribution in [0, 0.1) is 0 Å². The highest BCUT2D eigenvalue weighted by Gasteiger charge is 2.42. The molecule has 1 amide bonds. The number of amides is 1. The fraction of sp³-hybridized carbons (Fsp3) is 0.476. The molecule has 3 aromatic rings. The van der Waals surface area contributed by atoms with E-state index in [1.54, 1.807) is 30.4 Å². The van der Waals surface area contributed by atoms with E-state index in [1.165, 1.54) is 0 Å². The van der Waals surface area contributed by atoms with E-state index in [4.69, 9.17) is 14.2 Å². The number of carbonyl (C=O) groups is 1. The summed E-state index contributed by atoms with van der Waals surface area (Å²) in [5.41, 5.74) is 0.443. The maximum absolute atomic E-state index is 12.9. The average Bonchev–Trinajstić information content (AvgIpc) is 3.49. The number of rotatable bonds is 8. The van der Waals surface area contributed by atoms with Gasteiger partial charge in [-0.05, 0) is 37.5 Å². The van der Waals surface area contributed by atoms with Crippen molar-refractivity contribution in [3.05, 3.63) is 48.8 Å². The molecule has 0 bridgehead atoms. The summed E-state index contributed by atoms with van der Waals surface area (Å²) in [6, 6.07) is 5.54. The Balaban J connectivity index is 1.52. The molecule has 0 spiro atoms. The van der Waals surface area contributed by atoms with E-state index in [2.05, 4.69) is 15.2 Å². The van der Waals surface area contributed by atoms with Crippen LogP contribution in [0.5, 0.6) is 0 Å². The van der Waals surface area contributed by atoms with Crippen LogP contribution in [-0.4, -0.2) is 62.5 Å². The second-order valence-electron chi connectivity index (χ2n) is 7.62. The van der Waals surface area contributed by atoms with Crippen molar-refractivity contribution >= 4 is 5.91 Å². The molecule has 3 aromatic heterocycles. The summed E-state index contributed by atoms with van der Waals surface area (Å²) in [5.74, 6) is 1.21. The molecule has 1 saturated heterocycles. The number of nitrogens with zero attached hydrogens (tertiary/aromatic N) is 6. The van der Waals surface area contributed by atoms with E-state index in [0.717, 1.165) is 31.4 Å². The monoisotopic (exact) mass is 410 g/mol. The zero-order valence-corrected chi connectivity index (χ0v) is 17.1. The van der Waals surface area contributed by atoms with Crippen molar-refractivity contribution in [2.75, 3.05) is 26.8 Å². The Labute approximate surface area is 175 Å². The maximum atomic E-state index is 12.9. The Kier molecular flexibility index (Phi) is 6.18. The standard InChI is InChI=1S/C21H26N6O3/c1-29-15-8-21(20-24-19(30-25-20)17-4-10-22-11-5-17)7-2-12-26(16-21)18(28)6-14-27-13-3-9-23-27/h3-5,9-11,13H,2,6-8,12,14-16H2,1H3. The third-order valence-electron chi connectivity index (χ3n) is 5.66. The minimum absolute atomic E-state index is 0.116. The lowest BCUT2D eigenvalue weighted by molar-refractivity contribution is -0.134. The first-order chi connectivity index (χ1) is 14.7. The maximum Gasteiger partial charge on any atom is 0.258 e. The molecule has 1 aliphatic rings. The van der Waals surface area contributed by atoms with Crippen LogP contribution in [-0.2, 0) is 21.5 Å². The number of carbonyl (C=O) groups excluding carboxylic acids is 1. The van der Waals surface area contributed by atoms with Gasteiger partial charge in [0.25, 0.3) is 5.89 Å². The molecule has 0 aromatic carbocycles. The third-order valence-corrected chi connectivity index (χ3v) is 5.66. The Hall–Kier alpha value is -3.07. The van der Waals surface area contributed by atoms with E-state index in [0.29, 0.717) is 37.8 Å². The van der Waals surface area contributed by atoms with E-state index >= 15 is 0 Å². The van der Waals surface area contributed by atoms with Crippen LogP contribution in [0.2, 0.25) is 0 Å². The van der Waals surface area contributed by atoms with E-state index in [-0.39, 0.29) is 11.3 Å². The van der Waals surface area contributed by atoms with Gasteiger partial charge in [0, 0.05) is 70.1 Å². The molecule has 1 unspecified atom stereocenters. The van der Waals surface area contributed by atoms with Crippen LogP contribution in [0.1, 0.15) is 31.5 Å². The number of ether oxygens (including phenoxy) is 1. The lowest BCUT2D eigenvalue weighted by atomic mass is 9.76. The van der Waals surface area contributed by atoms with Crippen LogP contribution >= 0.6 is 0 Å². The van der Waals surface area contributed by atoms with Gasteiger partial charge in [-0.2, -0.15) is 10.1 Å². The lowest BCUT2D eigenvalue weighted by Gasteiger charge is -2.41. The van der Waals surface area contributed by atoms with E-state index in [1.807, 2.05) is 29.3 Å². The van der Waals surface area contributed by atoms with Gasteiger partial charge in [0.1, 0.15) is 0 Å². The summed E-state index contributed by atoms with van der Waals surface area (Å²) in [7, 11) is 1.68. The van der Waals surface area contributed by atoms with Crippen molar-refractivity contribution in [2.24, 2.45) is 0 Å². The molecule has 1 fully saturated rings. The highest BCUT2D eigenvalue weighted by atomic mass is 16.5. The molecule has 1 atom stereocenters. The van der Waals surface area contributed by atoms with Crippen molar-refractivity contribution in [2.45, 2.75) is 37.6 Å². The summed E-state index contributed by atoms with van der Waals surface area (Å²) < 4.78 is 12.7. The molecule has 0 aliphatic carbocycles. The molecular weight excluding hydrogens is 384 g/mol. The summed E-state index contributed by atoms with van der Waals surface area (Å²) in [5, 5.41) is 8.48. The Morgan fingerprint density at radius 2 is 2.17 bits per heavy atom. The summed E-state index contributed by atoms with van der Waals surface area (Å²) in [4.78, 5) is 23.5. The van der Waals surface area contributed by atoms with Gasteiger partial charge >= 0.3 is 0 Å². The van der Waals surface area contributed by atoms with Gasteiger partial charge in [0.05, 0.1) is 5.41 Å². The van der Waals surface area contributed by atoms with Crippen molar-refractivity contribution < 1.29 is 14.1 Å². The summed E-state index contributed by atoms with van der Waals surface area (Å²) >= 11 is 0. The van der Waals surface area contributed by atoms with Gasteiger partial charge in [-0.1, -0.05) is 5.16 Å². The minimum Gasteiger partial charge on any atom is -0.385 e. The number of piperidine rings is 1. The number of methoxy groups -OCH3 is 1. The zero-order chi connectivity index (χ0) is 20.8. The first-order valence-electron chi connectivity index (χ1n) is 10.2. The van der Waals surface area contributed by atoms with Crippen LogP contribution < -0.4 is 0 Å². The first kappa shape index (κ1) is 20.2. The fourth-order valence-electron chi connectivity index (χ4n) is 3.99. The first-order valence-corrected chi connectivity index (χ1v) is 10.2. The number of aryl methyl sites for hydroxylation is 1. The molecular formula is C21H26N6O3. The average molecular weight is 410 g/mol. The fourth-order valence-corrected chi connectivity index (χ4v) is 3.99.